The van der Waals surface area contributed by atoms with Gasteiger partial charge in [0.1, 0.15) is 10.5 Å². The van der Waals surface area contributed by atoms with E-state index in [1.54, 1.807) is 0 Å². The number of amides is 1. The Labute approximate surface area is 184 Å². The number of aromatic nitrogens is 1. The van der Waals surface area contributed by atoms with E-state index in [-0.39, 0.29) is 17.8 Å². The Bertz CT molecular complexity index is 1090. The molecule has 1 fully saturated rings. The number of hydrogen-bond acceptors (Lipinski definition) is 7. The average molecular weight is 440 g/mol. The van der Waals surface area contributed by atoms with Gasteiger partial charge in [-0.15, -0.1) is 11.3 Å². The number of anilines is 2. The van der Waals surface area contributed by atoms with E-state index in [9.17, 15) is 9.59 Å². The van der Waals surface area contributed by atoms with E-state index in [1.165, 1.54) is 23.3 Å². The Morgan fingerprint density at radius 3 is 2.74 bits per heavy atom. The van der Waals surface area contributed by atoms with Gasteiger partial charge in [0.2, 0.25) is 5.91 Å². The predicted molar refractivity (Wildman–Crippen MR) is 120 cm³/mol. The van der Waals surface area contributed by atoms with E-state index in [1.807, 2.05) is 24.3 Å². The number of para-hydroxylation sites is 2. The molecule has 0 bridgehead atoms. The van der Waals surface area contributed by atoms with Crippen molar-refractivity contribution in [3.8, 4) is 0 Å². The van der Waals surface area contributed by atoms with E-state index >= 15 is 0 Å². The summed E-state index contributed by atoms with van der Waals surface area (Å²) in [5.41, 5.74) is 3.23. The standard InChI is InChI=1S/C23H25N3O4S/c1-29-22(28)19-15-6-2-5-9-18(15)31-21(19)25-20(27)14-10-12-26(13-11-14)23-24-16-7-3-4-8-17(16)30-23/h3-4,7-8,14H,2,5-6,9-13H2,1H3,(H,25,27). The maximum absolute atomic E-state index is 13.0. The normalized spacial score (nSPS) is 16.9. The highest BCUT2D eigenvalue weighted by molar-refractivity contribution is 7.17. The Hall–Kier alpha value is -2.87. The summed E-state index contributed by atoms with van der Waals surface area (Å²) in [5.74, 6) is -0.494. The molecule has 1 amide bonds. The summed E-state index contributed by atoms with van der Waals surface area (Å²) in [6.07, 6.45) is 5.44. The molecule has 31 heavy (non-hydrogen) atoms. The molecule has 7 nitrogen and oxygen atoms in total. The molecule has 162 valence electrons. The fourth-order valence-corrected chi connectivity index (χ4v) is 5.79. The van der Waals surface area contributed by atoms with Crippen LogP contribution in [0, 0.1) is 5.92 Å². The van der Waals surface area contributed by atoms with E-state index in [2.05, 4.69) is 15.2 Å². The lowest BCUT2D eigenvalue weighted by Gasteiger charge is -2.30. The number of ether oxygens (including phenoxy) is 1. The minimum absolute atomic E-state index is 0.0269. The quantitative estimate of drug-likeness (QED) is 0.606. The molecule has 2 aliphatic rings. The van der Waals surface area contributed by atoms with Gasteiger partial charge in [-0.05, 0) is 56.2 Å². The molecule has 0 unspecified atom stereocenters. The highest BCUT2D eigenvalue weighted by Crippen LogP contribution is 2.39. The molecule has 0 atom stereocenters. The molecule has 3 aromatic rings. The van der Waals surface area contributed by atoms with Gasteiger partial charge in [0.15, 0.2) is 5.58 Å². The lowest BCUT2D eigenvalue weighted by Crippen LogP contribution is -2.38. The summed E-state index contributed by atoms with van der Waals surface area (Å²) in [5, 5.41) is 3.69. The molecule has 1 aliphatic heterocycles. The zero-order chi connectivity index (χ0) is 21.4. The number of hydrogen-bond donors (Lipinski definition) is 1. The maximum atomic E-state index is 13.0. The second-order valence-corrected chi connectivity index (χ2v) is 9.23. The minimum Gasteiger partial charge on any atom is -0.465 e. The van der Waals surface area contributed by atoms with E-state index in [0.717, 1.165) is 42.3 Å². The topological polar surface area (TPSA) is 84.7 Å². The summed E-state index contributed by atoms with van der Waals surface area (Å²) in [6.45, 7) is 1.41. The van der Waals surface area contributed by atoms with Crippen LogP contribution in [0.25, 0.3) is 11.1 Å². The van der Waals surface area contributed by atoms with Crippen molar-refractivity contribution < 1.29 is 18.7 Å². The smallest absolute Gasteiger partial charge is 0.341 e. The maximum Gasteiger partial charge on any atom is 0.341 e. The summed E-state index contributed by atoms with van der Waals surface area (Å²) in [7, 11) is 1.39. The summed E-state index contributed by atoms with van der Waals surface area (Å²) < 4.78 is 10.9. The number of rotatable bonds is 4. The molecule has 1 saturated heterocycles. The van der Waals surface area contributed by atoms with Crippen LogP contribution in [0.15, 0.2) is 28.7 Å². The number of nitrogens with zero attached hydrogens (tertiary/aromatic N) is 2. The molecular formula is C23H25N3O4S. The number of fused-ring (bicyclic) bond motifs is 2. The van der Waals surface area contributed by atoms with Crippen molar-refractivity contribution in [2.45, 2.75) is 38.5 Å². The highest BCUT2D eigenvalue weighted by Gasteiger charge is 2.31. The molecule has 1 N–H and O–H groups in total. The van der Waals surface area contributed by atoms with Gasteiger partial charge in [-0.1, -0.05) is 12.1 Å². The third-order valence-electron chi connectivity index (χ3n) is 6.22. The van der Waals surface area contributed by atoms with Crippen LogP contribution in [-0.2, 0) is 22.4 Å². The Balaban J connectivity index is 1.27. The third-order valence-corrected chi connectivity index (χ3v) is 7.42. The first kappa shape index (κ1) is 20.1. The number of aryl methyl sites for hydroxylation is 1. The van der Waals surface area contributed by atoms with Gasteiger partial charge >= 0.3 is 5.97 Å². The number of benzene rings is 1. The van der Waals surface area contributed by atoms with Gasteiger partial charge < -0.3 is 19.4 Å². The number of carbonyl (C=O) groups is 2. The Morgan fingerprint density at radius 1 is 1.19 bits per heavy atom. The summed E-state index contributed by atoms with van der Waals surface area (Å²) >= 11 is 1.53. The average Bonchev–Trinajstić information content (AvgIpc) is 3.40. The van der Waals surface area contributed by atoms with Crippen LogP contribution in [0.1, 0.15) is 46.5 Å². The zero-order valence-electron chi connectivity index (χ0n) is 17.5. The SMILES string of the molecule is COC(=O)c1c(NC(=O)C2CCN(c3nc4ccccc4o3)CC2)sc2c1CCCC2. The molecule has 0 radical (unpaired) electrons. The lowest BCUT2D eigenvalue weighted by atomic mass is 9.94. The number of nitrogens with one attached hydrogen (secondary N) is 1. The number of piperidine rings is 1. The first-order chi connectivity index (χ1) is 15.1. The van der Waals surface area contributed by atoms with Crippen molar-refractivity contribution >= 4 is 45.3 Å². The van der Waals surface area contributed by atoms with Crippen LogP contribution in [0.4, 0.5) is 11.0 Å². The van der Waals surface area contributed by atoms with E-state index in [0.29, 0.717) is 42.5 Å². The van der Waals surface area contributed by atoms with Crippen LogP contribution in [-0.4, -0.2) is 37.1 Å². The zero-order valence-corrected chi connectivity index (χ0v) is 18.3. The fourth-order valence-electron chi connectivity index (χ4n) is 4.51. The molecule has 1 aliphatic carbocycles. The lowest BCUT2D eigenvalue weighted by molar-refractivity contribution is -0.120. The molecule has 3 heterocycles. The van der Waals surface area contributed by atoms with Gasteiger partial charge in [-0.2, -0.15) is 4.98 Å². The molecule has 5 rings (SSSR count). The van der Waals surface area contributed by atoms with Crippen LogP contribution in [0.3, 0.4) is 0 Å². The molecule has 8 heteroatoms. The van der Waals surface area contributed by atoms with Crippen LogP contribution >= 0.6 is 11.3 Å². The monoisotopic (exact) mass is 439 g/mol. The summed E-state index contributed by atoms with van der Waals surface area (Å²) in [4.78, 5) is 33.3. The van der Waals surface area contributed by atoms with Gasteiger partial charge in [0.25, 0.3) is 6.01 Å². The van der Waals surface area contributed by atoms with Crippen LogP contribution in [0.5, 0.6) is 0 Å². The van der Waals surface area contributed by atoms with Crippen molar-refractivity contribution in [2.24, 2.45) is 5.92 Å². The number of esters is 1. The van der Waals surface area contributed by atoms with Gasteiger partial charge in [0.05, 0.1) is 12.7 Å². The largest absolute Gasteiger partial charge is 0.465 e. The van der Waals surface area contributed by atoms with Crippen molar-refractivity contribution in [1.29, 1.82) is 0 Å². The molecule has 1 aromatic carbocycles. The Kier molecular flexibility index (Phi) is 5.40. The highest BCUT2D eigenvalue weighted by atomic mass is 32.1. The van der Waals surface area contributed by atoms with E-state index in [4.69, 9.17) is 9.15 Å². The summed E-state index contributed by atoms with van der Waals surface area (Å²) in [6, 6.07) is 8.32. The van der Waals surface area contributed by atoms with Crippen molar-refractivity contribution in [3.05, 3.63) is 40.3 Å². The second kappa shape index (κ2) is 8.34. The van der Waals surface area contributed by atoms with Crippen molar-refractivity contribution in [3.63, 3.8) is 0 Å². The molecule has 2 aromatic heterocycles. The molecule has 0 saturated carbocycles. The predicted octanol–water partition coefficient (Wildman–Crippen LogP) is 4.41. The first-order valence-electron chi connectivity index (χ1n) is 10.8. The number of methoxy groups -OCH3 is 1. The Morgan fingerprint density at radius 2 is 1.97 bits per heavy atom. The van der Waals surface area contributed by atoms with Gasteiger partial charge in [-0.25, -0.2) is 4.79 Å². The molecular weight excluding hydrogens is 414 g/mol. The van der Waals surface area contributed by atoms with Crippen LogP contribution in [0.2, 0.25) is 0 Å². The molecule has 0 spiro atoms. The minimum atomic E-state index is -0.361. The van der Waals surface area contributed by atoms with Gasteiger partial charge in [-0.3, -0.25) is 4.79 Å². The number of oxazole rings is 1. The van der Waals surface area contributed by atoms with Crippen molar-refractivity contribution in [2.75, 3.05) is 30.4 Å². The third kappa shape index (κ3) is 3.80. The first-order valence-corrected chi connectivity index (χ1v) is 11.6. The number of carbonyl (C=O) groups excluding carboxylic acids is 2. The van der Waals surface area contributed by atoms with E-state index < -0.39 is 0 Å². The fraction of sp³-hybridized carbons (Fsp3) is 0.435. The number of thiophene rings is 1. The van der Waals surface area contributed by atoms with Crippen LogP contribution < -0.4 is 10.2 Å². The van der Waals surface area contributed by atoms with Gasteiger partial charge in [0, 0.05) is 23.9 Å². The van der Waals surface area contributed by atoms with Crippen molar-refractivity contribution in [1.82, 2.24) is 4.98 Å². The second-order valence-electron chi connectivity index (χ2n) is 8.12.